The lowest BCUT2D eigenvalue weighted by Crippen LogP contribution is -2.43. The van der Waals surface area contributed by atoms with E-state index < -0.39 is 0 Å². The monoisotopic (exact) mass is 431 g/mol. The highest BCUT2D eigenvalue weighted by Gasteiger charge is 2.43. The Kier molecular flexibility index (Phi) is 6.56. The molecule has 2 aromatic rings. The van der Waals surface area contributed by atoms with E-state index >= 15 is 0 Å². The van der Waals surface area contributed by atoms with Crippen molar-refractivity contribution in [3.05, 3.63) is 64.4 Å². The lowest BCUT2D eigenvalue weighted by Gasteiger charge is -2.46. The minimum atomic E-state index is -0.351. The predicted octanol–water partition coefficient (Wildman–Crippen LogP) is 4.21. The Labute approximate surface area is 181 Å². The van der Waals surface area contributed by atoms with Gasteiger partial charge >= 0.3 is 0 Å². The van der Waals surface area contributed by atoms with Crippen molar-refractivity contribution in [1.82, 2.24) is 10.6 Å². The fraction of sp³-hybridized carbons (Fsp3) is 0.435. The number of carbonyl (C=O) groups is 1. The second kappa shape index (κ2) is 9.33. The van der Waals surface area contributed by atoms with Crippen molar-refractivity contribution < 1.29 is 13.9 Å². The van der Waals surface area contributed by atoms with Gasteiger partial charge in [0.05, 0.1) is 23.9 Å². The van der Waals surface area contributed by atoms with Crippen LogP contribution in [0.5, 0.6) is 0 Å². The molecule has 30 heavy (non-hydrogen) atoms. The SMILES string of the molecule is CC(=O)NCCNC[C@H]1CC[C@@H]2[C@H](O1)c1cc(Cl)cc(F)c1N[C@H]2c1ccccc1. The van der Waals surface area contributed by atoms with E-state index in [0.29, 0.717) is 30.3 Å². The molecule has 1 saturated heterocycles. The molecule has 160 valence electrons. The molecule has 4 atom stereocenters. The van der Waals surface area contributed by atoms with Gasteiger partial charge in [0.2, 0.25) is 5.91 Å². The van der Waals surface area contributed by atoms with Crippen LogP contribution in [0, 0.1) is 11.7 Å². The molecule has 0 unspecified atom stereocenters. The van der Waals surface area contributed by atoms with E-state index in [-0.39, 0.29) is 35.9 Å². The molecule has 3 N–H and O–H groups in total. The maximum Gasteiger partial charge on any atom is 0.216 e. The standard InChI is InChI=1S/C23H27ClFN3O2/c1-14(29)27-10-9-26-13-17-7-8-18-21(15-5-3-2-4-6-15)28-22-19(23(18)30-17)11-16(24)12-20(22)25/h2-6,11-12,17-18,21,23,26,28H,7-10,13H2,1H3,(H,27,29)/t17-,18+,21+,23+/m1/s1. The molecule has 0 aliphatic carbocycles. The first-order valence-corrected chi connectivity index (χ1v) is 10.8. The average Bonchev–Trinajstić information content (AvgIpc) is 2.73. The Hall–Kier alpha value is -2.15. The Balaban J connectivity index is 1.53. The summed E-state index contributed by atoms with van der Waals surface area (Å²) in [5.74, 6) is -0.199. The van der Waals surface area contributed by atoms with E-state index in [0.717, 1.165) is 24.0 Å². The average molecular weight is 432 g/mol. The molecule has 1 fully saturated rings. The Bertz CT molecular complexity index is 896. The van der Waals surface area contributed by atoms with Crippen molar-refractivity contribution in [3.63, 3.8) is 0 Å². The van der Waals surface area contributed by atoms with Crippen molar-refractivity contribution >= 4 is 23.2 Å². The molecule has 5 nitrogen and oxygen atoms in total. The maximum absolute atomic E-state index is 14.8. The van der Waals surface area contributed by atoms with Crippen LogP contribution in [0.4, 0.5) is 10.1 Å². The minimum Gasteiger partial charge on any atom is -0.375 e. The number of nitrogens with one attached hydrogen (secondary N) is 3. The molecule has 0 bridgehead atoms. The van der Waals surface area contributed by atoms with Gasteiger partial charge in [-0.05, 0) is 30.5 Å². The zero-order valence-electron chi connectivity index (χ0n) is 17.0. The third kappa shape index (κ3) is 4.61. The minimum absolute atomic E-state index is 0.0203. The molecule has 1 amide bonds. The summed E-state index contributed by atoms with van der Waals surface area (Å²) in [6, 6.07) is 13.3. The molecule has 2 aromatic carbocycles. The maximum atomic E-state index is 14.8. The van der Waals surface area contributed by atoms with Crippen LogP contribution in [-0.4, -0.2) is 31.6 Å². The molecule has 2 heterocycles. The van der Waals surface area contributed by atoms with E-state index in [1.807, 2.05) is 24.3 Å². The van der Waals surface area contributed by atoms with Crippen molar-refractivity contribution in [3.8, 4) is 0 Å². The van der Waals surface area contributed by atoms with Gasteiger partial charge < -0.3 is 20.7 Å². The topological polar surface area (TPSA) is 62.4 Å². The number of ether oxygens (including phenoxy) is 1. The largest absolute Gasteiger partial charge is 0.375 e. The Morgan fingerprint density at radius 2 is 2.03 bits per heavy atom. The summed E-state index contributed by atoms with van der Waals surface area (Å²) in [6.45, 7) is 3.45. The van der Waals surface area contributed by atoms with Crippen molar-refractivity contribution in [1.29, 1.82) is 0 Å². The lowest BCUT2D eigenvalue weighted by atomic mass is 9.76. The molecular weight excluding hydrogens is 405 g/mol. The molecule has 7 heteroatoms. The molecule has 0 spiro atoms. The second-order valence-corrected chi connectivity index (χ2v) is 8.43. The third-order valence-corrected chi connectivity index (χ3v) is 6.09. The number of anilines is 1. The van der Waals surface area contributed by atoms with E-state index in [9.17, 15) is 9.18 Å². The molecule has 2 aliphatic heterocycles. The molecule has 2 aliphatic rings. The van der Waals surface area contributed by atoms with Gasteiger partial charge in [-0.3, -0.25) is 4.79 Å². The van der Waals surface area contributed by atoms with Crippen LogP contribution in [0.15, 0.2) is 42.5 Å². The predicted molar refractivity (Wildman–Crippen MR) is 116 cm³/mol. The van der Waals surface area contributed by atoms with Crippen LogP contribution >= 0.6 is 11.6 Å². The third-order valence-electron chi connectivity index (χ3n) is 5.88. The molecule has 0 radical (unpaired) electrons. The number of fused-ring (bicyclic) bond motifs is 3. The summed E-state index contributed by atoms with van der Waals surface area (Å²) >= 11 is 6.18. The van der Waals surface area contributed by atoms with Gasteiger partial charge in [0.1, 0.15) is 5.82 Å². The van der Waals surface area contributed by atoms with Crippen LogP contribution in [0.2, 0.25) is 5.02 Å². The van der Waals surface area contributed by atoms with Crippen molar-refractivity contribution in [2.75, 3.05) is 25.0 Å². The smallest absolute Gasteiger partial charge is 0.216 e. The van der Waals surface area contributed by atoms with E-state index in [2.05, 4.69) is 28.1 Å². The normalized spacial score (nSPS) is 25.0. The number of hydrogen-bond acceptors (Lipinski definition) is 4. The van der Waals surface area contributed by atoms with Gasteiger partial charge in [-0.1, -0.05) is 41.9 Å². The molecule has 4 rings (SSSR count). The van der Waals surface area contributed by atoms with Gasteiger partial charge in [-0.25, -0.2) is 4.39 Å². The van der Waals surface area contributed by atoms with Gasteiger partial charge in [0.15, 0.2) is 0 Å². The highest BCUT2D eigenvalue weighted by molar-refractivity contribution is 6.30. The van der Waals surface area contributed by atoms with Gasteiger partial charge in [-0.15, -0.1) is 0 Å². The first-order chi connectivity index (χ1) is 14.5. The van der Waals surface area contributed by atoms with Crippen LogP contribution in [0.3, 0.4) is 0 Å². The fourth-order valence-corrected chi connectivity index (χ4v) is 4.73. The first-order valence-electron chi connectivity index (χ1n) is 10.4. The molecular formula is C23H27ClFN3O2. The van der Waals surface area contributed by atoms with Crippen LogP contribution < -0.4 is 16.0 Å². The summed E-state index contributed by atoms with van der Waals surface area (Å²) in [6.07, 6.45) is 1.67. The van der Waals surface area contributed by atoms with E-state index in [1.54, 1.807) is 0 Å². The van der Waals surface area contributed by atoms with Gasteiger partial charge in [0, 0.05) is 43.1 Å². The van der Waals surface area contributed by atoms with Crippen molar-refractivity contribution in [2.45, 2.75) is 38.0 Å². The van der Waals surface area contributed by atoms with E-state index in [1.165, 1.54) is 13.0 Å². The highest BCUT2D eigenvalue weighted by atomic mass is 35.5. The van der Waals surface area contributed by atoms with Crippen LogP contribution in [0.25, 0.3) is 0 Å². The van der Waals surface area contributed by atoms with Crippen molar-refractivity contribution in [2.24, 2.45) is 5.92 Å². The molecule has 0 aromatic heterocycles. The summed E-state index contributed by atoms with van der Waals surface area (Å²) in [7, 11) is 0. The summed E-state index contributed by atoms with van der Waals surface area (Å²) in [5.41, 5.74) is 2.40. The fourth-order valence-electron chi connectivity index (χ4n) is 4.52. The lowest BCUT2D eigenvalue weighted by molar-refractivity contribution is -0.118. The Morgan fingerprint density at radius 3 is 2.80 bits per heavy atom. The number of benzene rings is 2. The number of carbonyl (C=O) groups excluding carboxylic acids is 1. The van der Waals surface area contributed by atoms with Gasteiger partial charge in [0.25, 0.3) is 0 Å². The number of rotatable bonds is 6. The zero-order valence-corrected chi connectivity index (χ0v) is 17.7. The molecule has 0 saturated carbocycles. The quantitative estimate of drug-likeness (QED) is 0.599. The highest BCUT2D eigenvalue weighted by Crippen LogP contribution is 2.51. The Morgan fingerprint density at radius 1 is 1.23 bits per heavy atom. The number of amides is 1. The van der Waals surface area contributed by atoms with Crippen LogP contribution in [-0.2, 0) is 9.53 Å². The summed E-state index contributed by atoms with van der Waals surface area (Å²) < 4.78 is 21.3. The first kappa shape index (κ1) is 21.1. The number of halogens is 2. The second-order valence-electron chi connectivity index (χ2n) is 7.99. The number of hydrogen-bond donors (Lipinski definition) is 3. The zero-order chi connectivity index (χ0) is 21.1. The van der Waals surface area contributed by atoms with Crippen LogP contribution in [0.1, 0.15) is 43.0 Å². The summed E-state index contributed by atoms with van der Waals surface area (Å²) in [4.78, 5) is 11.0. The summed E-state index contributed by atoms with van der Waals surface area (Å²) in [5, 5.41) is 9.91. The van der Waals surface area contributed by atoms with Gasteiger partial charge in [-0.2, -0.15) is 0 Å². The van der Waals surface area contributed by atoms with E-state index in [4.69, 9.17) is 16.3 Å².